The van der Waals surface area contributed by atoms with Crippen LogP contribution in [0.4, 0.5) is 4.39 Å². The molecule has 0 spiro atoms. The highest BCUT2D eigenvalue weighted by Gasteiger charge is 1.87. The van der Waals surface area contributed by atoms with E-state index in [0.29, 0.717) is 0 Å². The van der Waals surface area contributed by atoms with Crippen LogP contribution < -0.4 is 0 Å². The summed E-state index contributed by atoms with van der Waals surface area (Å²) in [5.74, 6) is 0. The van der Waals surface area contributed by atoms with Crippen LogP contribution in [0.25, 0.3) is 0 Å². The second-order valence-corrected chi connectivity index (χ2v) is 1.37. The molecule has 1 unspecified atom stereocenters. The zero-order valence-corrected chi connectivity index (χ0v) is 3.50. The van der Waals surface area contributed by atoms with E-state index in [4.69, 9.17) is 11.6 Å². The van der Waals surface area contributed by atoms with Crippen LogP contribution in [0.1, 0.15) is 0 Å². The third kappa shape index (κ3) is 4.22. The van der Waals surface area contributed by atoms with Gasteiger partial charge in [0, 0.05) is 0 Å². The minimum atomic E-state index is -0.560. The Morgan fingerprint density at radius 2 is 2.20 bits per heavy atom. The molecule has 0 aromatic heterocycles. The summed E-state index contributed by atoms with van der Waals surface area (Å²) in [7, 11) is 0. The Balaban J connectivity index is 2.54. The molecular weight excluding hydrogens is 90.5 g/mol. The summed E-state index contributed by atoms with van der Waals surface area (Å²) in [6.07, 6.45) is 0. The van der Waals surface area contributed by atoms with Crippen molar-refractivity contribution in [3.05, 3.63) is 6.92 Å². The first-order valence-electron chi connectivity index (χ1n) is 1.30. The monoisotopic (exact) mass is 95.0 g/mol. The Kier molecular flexibility index (Phi) is 2.57. The summed E-state index contributed by atoms with van der Waals surface area (Å²) in [5, 5.41) is -0.560. The van der Waals surface area contributed by atoms with Gasteiger partial charge < -0.3 is 0 Å². The Morgan fingerprint density at radius 3 is 2.20 bits per heavy atom. The molecule has 0 fully saturated rings. The summed E-state index contributed by atoms with van der Waals surface area (Å²) < 4.78 is 10.9. The molecule has 0 aliphatic rings. The van der Waals surface area contributed by atoms with E-state index in [9.17, 15) is 4.39 Å². The summed E-state index contributed by atoms with van der Waals surface area (Å²) in [6.45, 7) is 2.61. The van der Waals surface area contributed by atoms with E-state index in [1.54, 1.807) is 0 Å². The maximum atomic E-state index is 10.9. The fraction of sp³-hybridized carbons (Fsp3) is 0.667. The topological polar surface area (TPSA) is 0 Å². The third-order valence-electron chi connectivity index (χ3n) is 0.167. The lowest BCUT2D eigenvalue weighted by atomic mass is 10.5. The molecule has 1 radical (unpaired) electrons. The van der Waals surface area contributed by atoms with Gasteiger partial charge in [0.05, 0.1) is 5.38 Å². The largest absolute Gasteiger partial charge is 0.249 e. The van der Waals surface area contributed by atoms with Crippen molar-refractivity contribution >= 4 is 11.6 Å². The van der Waals surface area contributed by atoms with E-state index in [1.165, 1.54) is 0 Å². The molecule has 0 aromatic carbocycles. The van der Waals surface area contributed by atoms with Crippen LogP contribution in [-0.4, -0.2) is 12.1 Å². The fourth-order valence-electron chi connectivity index (χ4n) is 0. The second kappa shape index (κ2) is 2.46. The van der Waals surface area contributed by atoms with Crippen LogP contribution in [0, 0.1) is 6.92 Å². The molecule has 0 saturated carbocycles. The van der Waals surface area contributed by atoms with Crippen LogP contribution in [0.15, 0.2) is 0 Å². The van der Waals surface area contributed by atoms with Crippen molar-refractivity contribution < 1.29 is 4.39 Å². The summed E-state index contributed by atoms with van der Waals surface area (Å²) in [4.78, 5) is 0. The molecule has 2 heteroatoms. The smallest absolute Gasteiger partial charge is 0.106 e. The highest BCUT2D eigenvalue weighted by atomic mass is 35.5. The van der Waals surface area contributed by atoms with Gasteiger partial charge in [-0.05, 0) is 6.92 Å². The van der Waals surface area contributed by atoms with Crippen molar-refractivity contribution in [2.45, 2.75) is 5.38 Å². The fourth-order valence-corrected chi connectivity index (χ4v) is 0. The number of rotatable bonds is 1. The molecule has 5 heavy (non-hydrogen) atoms. The van der Waals surface area contributed by atoms with Gasteiger partial charge in [0.1, 0.15) is 6.67 Å². The molecular formula is C3H5ClF. The Morgan fingerprint density at radius 1 is 2.00 bits per heavy atom. The summed E-state index contributed by atoms with van der Waals surface area (Å²) >= 11 is 4.98. The lowest BCUT2D eigenvalue weighted by Crippen LogP contribution is -1.89. The van der Waals surface area contributed by atoms with Gasteiger partial charge in [-0.15, -0.1) is 11.6 Å². The SMILES string of the molecule is [CH2]C(Cl)CF. The molecule has 0 nitrogen and oxygen atoms in total. The van der Waals surface area contributed by atoms with Crippen LogP contribution >= 0.6 is 11.6 Å². The average molecular weight is 95.5 g/mol. The molecule has 0 aromatic rings. The van der Waals surface area contributed by atoms with Gasteiger partial charge in [0.25, 0.3) is 0 Å². The Labute approximate surface area is 35.9 Å². The van der Waals surface area contributed by atoms with Crippen molar-refractivity contribution in [2.75, 3.05) is 6.67 Å². The summed E-state index contributed by atoms with van der Waals surface area (Å²) in [6, 6.07) is 0. The van der Waals surface area contributed by atoms with E-state index < -0.39 is 12.1 Å². The molecule has 31 valence electrons. The molecule has 0 bridgehead atoms. The zero-order chi connectivity index (χ0) is 4.28. The van der Waals surface area contributed by atoms with Crippen LogP contribution in [0.5, 0.6) is 0 Å². The molecule has 0 amide bonds. The normalized spacial score (nSPS) is 15.0. The summed E-state index contributed by atoms with van der Waals surface area (Å²) in [5.41, 5.74) is 0. The first kappa shape index (κ1) is 5.22. The van der Waals surface area contributed by atoms with E-state index >= 15 is 0 Å². The predicted molar refractivity (Wildman–Crippen MR) is 21.0 cm³/mol. The highest BCUT2D eigenvalue weighted by molar-refractivity contribution is 6.21. The molecule has 0 aliphatic carbocycles. The average Bonchev–Trinajstić information content (AvgIpc) is 1.38. The van der Waals surface area contributed by atoms with Gasteiger partial charge in [-0.25, -0.2) is 4.39 Å². The number of alkyl halides is 2. The molecule has 1 atom stereocenters. The molecule has 0 aliphatic heterocycles. The van der Waals surface area contributed by atoms with E-state index in [-0.39, 0.29) is 0 Å². The predicted octanol–water partition coefficient (Wildman–Crippen LogP) is 1.40. The van der Waals surface area contributed by atoms with Gasteiger partial charge in [-0.3, -0.25) is 0 Å². The highest BCUT2D eigenvalue weighted by Crippen LogP contribution is 1.89. The van der Waals surface area contributed by atoms with Gasteiger partial charge >= 0.3 is 0 Å². The van der Waals surface area contributed by atoms with E-state index in [1.807, 2.05) is 0 Å². The van der Waals surface area contributed by atoms with Gasteiger partial charge in [0.2, 0.25) is 0 Å². The van der Waals surface area contributed by atoms with Gasteiger partial charge in [0.15, 0.2) is 0 Å². The lowest BCUT2D eigenvalue weighted by molar-refractivity contribution is 0.504. The third-order valence-corrected chi connectivity index (χ3v) is 0.284. The standard InChI is InChI=1S/C3H5ClF/c1-3(4)2-5/h3H,1-2H2. The van der Waals surface area contributed by atoms with Gasteiger partial charge in [-0.2, -0.15) is 0 Å². The minimum Gasteiger partial charge on any atom is -0.249 e. The maximum absolute atomic E-state index is 10.9. The van der Waals surface area contributed by atoms with Crippen LogP contribution in [0.3, 0.4) is 0 Å². The Bertz CT molecular complexity index is 20.9. The second-order valence-electron chi connectivity index (χ2n) is 0.752. The maximum Gasteiger partial charge on any atom is 0.106 e. The minimum absolute atomic E-state index is 0.540. The molecule has 0 N–H and O–H groups in total. The lowest BCUT2D eigenvalue weighted by Gasteiger charge is -1.84. The van der Waals surface area contributed by atoms with E-state index in [0.717, 1.165) is 0 Å². The van der Waals surface area contributed by atoms with Crippen molar-refractivity contribution in [2.24, 2.45) is 0 Å². The first-order valence-corrected chi connectivity index (χ1v) is 1.74. The Hall–Kier alpha value is 0.220. The molecule has 0 heterocycles. The van der Waals surface area contributed by atoms with Crippen molar-refractivity contribution in [3.63, 3.8) is 0 Å². The van der Waals surface area contributed by atoms with E-state index in [2.05, 4.69) is 6.92 Å². The van der Waals surface area contributed by atoms with Crippen molar-refractivity contribution in [1.82, 2.24) is 0 Å². The number of halogens is 2. The van der Waals surface area contributed by atoms with Crippen molar-refractivity contribution in [1.29, 1.82) is 0 Å². The number of hydrogen-bond donors (Lipinski definition) is 0. The van der Waals surface area contributed by atoms with Crippen LogP contribution in [-0.2, 0) is 0 Å². The molecule has 0 rings (SSSR count). The van der Waals surface area contributed by atoms with Crippen molar-refractivity contribution in [3.8, 4) is 0 Å². The molecule has 0 saturated heterocycles. The first-order chi connectivity index (χ1) is 2.27. The van der Waals surface area contributed by atoms with Gasteiger partial charge in [-0.1, -0.05) is 0 Å². The van der Waals surface area contributed by atoms with Crippen LogP contribution in [0.2, 0.25) is 0 Å². The number of hydrogen-bond acceptors (Lipinski definition) is 0. The zero-order valence-electron chi connectivity index (χ0n) is 2.75. The quantitative estimate of drug-likeness (QED) is 0.432.